The molecule has 5 nitrogen and oxygen atoms in total. The summed E-state index contributed by atoms with van der Waals surface area (Å²) in [5, 5.41) is 0. The van der Waals surface area contributed by atoms with Crippen LogP contribution in [0.15, 0.2) is 36.7 Å². The van der Waals surface area contributed by atoms with Crippen LogP contribution in [0.4, 0.5) is 0 Å². The van der Waals surface area contributed by atoms with Gasteiger partial charge < -0.3 is 15.2 Å². The molecule has 0 saturated carbocycles. The van der Waals surface area contributed by atoms with Crippen LogP contribution in [-0.4, -0.2) is 24.2 Å². The van der Waals surface area contributed by atoms with E-state index in [9.17, 15) is 0 Å². The molecule has 2 aromatic rings. The minimum atomic E-state index is -0.407. The van der Waals surface area contributed by atoms with Gasteiger partial charge in [0.15, 0.2) is 0 Å². The van der Waals surface area contributed by atoms with E-state index in [1.807, 2.05) is 12.1 Å². The summed E-state index contributed by atoms with van der Waals surface area (Å²) in [5.41, 5.74) is 6.97. The first kappa shape index (κ1) is 12.3. The van der Waals surface area contributed by atoms with E-state index in [0.29, 0.717) is 17.3 Å². The summed E-state index contributed by atoms with van der Waals surface area (Å²) < 4.78 is 10.4. The zero-order valence-electron chi connectivity index (χ0n) is 10.3. The summed E-state index contributed by atoms with van der Waals surface area (Å²) >= 11 is 0. The third kappa shape index (κ3) is 2.57. The number of benzene rings is 1. The predicted octanol–water partition coefficient (Wildman–Crippen LogP) is 1.54. The van der Waals surface area contributed by atoms with E-state index in [0.717, 1.165) is 5.56 Å². The van der Waals surface area contributed by atoms with Gasteiger partial charge >= 0.3 is 0 Å². The second-order valence-electron chi connectivity index (χ2n) is 3.73. The molecular formula is C13H15N3O2. The van der Waals surface area contributed by atoms with Crippen molar-refractivity contribution in [2.45, 2.75) is 6.04 Å². The minimum Gasteiger partial charge on any atom is -0.497 e. The summed E-state index contributed by atoms with van der Waals surface area (Å²) in [7, 11) is 3.20. The number of rotatable bonds is 4. The molecule has 1 atom stereocenters. The Kier molecular flexibility index (Phi) is 3.74. The average molecular weight is 245 g/mol. The standard InChI is InChI=1S/C13H15N3O2/c1-17-10-6-9(7-11(8-10)18-2)12(14)13-15-4-3-5-16-13/h3-8,12H,14H2,1-2H3. The van der Waals surface area contributed by atoms with Crippen molar-refractivity contribution < 1.29 is 9.47 Å². The van der Waals surface area contributed by atoms with Gasteiger partial charge in [-0.05, 0) is 23.8 Å². The molecule has 0 radical (unpaired) electrons. The van der Waals surface area contributed by atoms with E-state index in [-0.39, 0.29) is 0 Å². The quantitative estimate of drug-likeness (QED) is 0.884. The first-order valence-electron chi connectivity index (χ1n) is 5.50. The molecule has 2 rings (SSSR count). The molecule has 1 aromatic carbocycles. The lowest BCUT2D eigenvalue weighted by Crippen LogP contribution is -2.15. The van der Waals surface area contributed by atoms with Gasteiger partial charge in [-0.15, -0.1) is 0 Å². The number of methoxy groups -OCH3 is 2. The Hall–Kier alpha value is -2.14. The Morgan fingerprint density at radius 3 is 2.06 bits per heavy atom. The van der Waals surface area contributed by atoms with E-state index >= 15 is 0 Å². The number of nitrogens with zero attached hydrogens (tertiary/aromatic N) is 2. The van der Waals surface area contributed by atoms with Crippen molar-refractivity contribution in [3.8, 4) is 11.5 Å². The van der Waals surface area contributed by atoms with Gasteiger partial charge in [-0.3, -0.25) is 0 Å². The molecule has 0 spiro atoms. The first-order valence-corrected chi connectivity index (χ1v) is 5.50. The second-order valence-corrected chi connectivity index (χ2v) is 3.73. The van der Waals surface area contributed by atoms with Gasteiger partial charge in [0.05, 0.1) is 20.3 Å². The molecule has 1 aromatic heterocycles. The zero-order chi connectivity index (χ0) is 13.0. The predicted molar refractivity (Wildman–Crippen MR) is 67.6 cm³/mol. The zero-order valence-corrected chi connectivity index (χ0v) is 10.3. The van der Waals surface area contributed by atoms with Crippen molar-refractivity contribution >= 4 is 0 Å². The van der Waals surface area contributed by atoms with Crippen molar-refractivity contribution in [1.82, 2.24) is 9.97 Å². The first-order chi connectivity index (χ1) is 8.74. The maximum absolute atomic E-state index is 6.13. The normalized spacial score (nSPS) is 11.9. The molecule has 0 aliphatic heterocycles. The van der Waals surface area contributed by atoms with E-state index in [1.54, 1.807) is 38.7 Å². The van der Waals surface area contributed by atoms with Crippen LogP contribution in [0, 0.1) is 0 Å². The van der Waals surface area contributed by atoms with Gasteiger partial charge in [-0.2, -0.15) is 0 Å². The highest BCUT2D eigenvalue weighted by molar-refractivity contribution is 5.41. The highest BCUT2D eigenvalue weighted by atomic mass is 16.5. The van der Waals surface area contributed by atoms with Crippen LogP contribution >= 0.6 is 0 Å². The van der Waals surface area contributed by atoms with Crippen LogP contribution in [0.3, 0.4) is 0 Å². The third-order valence-corrected chi connectivity index (χ3v) is 2.60. The molecule has 0 amide bonds. The molecule has 0 bridgehead atoms. The highest BCUT2D eigenvalue weighted by Gasteiger charge is 2.13. The Balaban J connectivity index is 2.38. The Bertz CT molecular complexity index is 495. The van der Waals surface area contributed by atoms with Gasteiger partial charge in [0, 0.05) is 18.5 Å². The van der Waals surface area contributed by atoms with E-state index in [4.69, 9.17) is 15.2 Å². The monoisotopic (exact) mass is 245 g/mol. The van der Waals surface area contributed by atoms with Gasteiger partial charge in [-0.25, -0.2) is 9.97 Å². The van der Waals surface area contributed by atoms with E-state index in [1.165, 1.54) is 0 Å². The minimum absolute atomic E-state index is 0.407. The van der Waals surface area contributed by atoms with E-state index in [2.05, 4.69) is 9.97 Å². The summed E-state index contributed by atoms with van der Waals surface area (Å²) in [5.74, 6) is 1.94. The molecule has 0 saturated heterocycles. The molecule has 0 aliphatic carbocycles. The number of nitrogens with two attached hydrogens (primary N) is 1. The van der Waals surface area contributed by atoms with Crippen molar-refractivity contribution in [2.24, 2.45) is 5.73 Å². The third-order valence-electron chi connectivity index (χ3n) is 2.60. The van der Waals surface area contributed by atoms with Gasteiger partial charge in [0.2, 0.25) is 0 Å². The topological polar surface area (TPSA) is 70.3 Å². The summed E-state index contributed by atoms with van der Waals surface area (Å²) in [6, 6.07) is 6.84. The molecule has 0 fully saturated rings. The lowest BCUT2D eigenvalue weighted by molar-refractivity contribution is 0.393. The maximum Gasteiger partial charge on any atom is 0.149 e. The summed E-state index contributed by atoms with van der Waals surface area (Å²) in [6.45, 7) is 0. The van der Waals surface area contributed by atoms with Gasteiger partial charge in [0.1, 0.15) is 17.3 Å². The van der Waals surface area contributed by atoms with Crippen LogP contribution in [0.2, 0.25) is 0 Å². The smallest absolute Gasteiger partial charge is 0.149 e. The fraction of sp³-hybridized carbons (Fsp3) is 0.231. The molecule has 18 heavy (non-hydrogen) atoms. The molecule has 1 unspecified atom stereocenters. The van der Waals surface area contributed by atoms with Crippen molar-refractivity contribution in [3.05, 3.63) is 48.0 Å². The Labute approximate surface area is 106 Å². The van der Waals surface area contributed by atoms with E-state index < -0.39 is 6.04 Å². The van der Waals surface area contributed by atoms with Crippen LogP contribution in [0.25, 0.3) is 0 Å². The summed E-state index contributed by atoms with van der Waals surface area (Å²) in [4.78, 5) is 8.30. The average Bonchev–Trinajstić information content (AvgIpc) is 2.46. The van der Waals surface area contributed by atoms with Gasteiger partial charge in [0.25, 0.3) is 0 Å². The lowest BCUT2D eigenvalue weighted by Gasteiger charge is -2.13. The molecule has 1 heterocycles. The molecule has 2 N–H and O–H groups in total. The van der Waals surface area contributed by atoms with Crippen LogP contribution < -0.4 is 15.2 Å². The Morgan fingerprint density at radius 1 is 1.00 bits per heavy atom. The number of ether oxygens (including phenoxy) is 2. The fourth-order valence-corrected chi connectivity index (χ4v) is 1.63. The Morgan fingerprint density at radius 2 is 1.56 bits per heavy atom. The number of hydrogen-bond donors (Lipinski definition) is 1. The molecule has 0 aliphatic rings. The number of aromatic nitrogens is 2. The van der Waals surface area contributed by atoms with Crippen molar-refractivity contribution in [2.75, 3.05) is 14.2 Å². The largest absolute Gasteiger partial charge is 0.497 e. The van der Waals surface area contributed by atoms with Crippen LogP contribution in [0.5, 0.6) is 11.5 Å². The maximum atomic E-state index is 6.13. The fourth-order valence-electron chi connectivity index (χ4n) is 1.63. The van der Waals surface area contributed by atoms with Crippen LogP contribution in [0.1, 0.15) is 17.4 Å². The molecular weight excluding hydrogens is 230 g/mol. The second kappa shape index (κ2) is 5.46. The molecule has 5 heteroatoms. The highest BCUT2D eigenvalue weighted by Crippen LogP contribution is 2.27. The van der Waals surface area contributed by atoms with Crippen molar-refractivity contribution in [3.63, 3.8) is 0 Å². The SMILES string of the molecule is COc1cc(OC)cc(C(N)c2ncccn2)c1. The van der Waals surface area contributed by atoms with Crippen molar-refractivity contribution in [1.29, 1.82) is 0 Å². The van der Waals surface area contributed by atoms with Gasteiger partial charge in [-0.1, -0.05) is 0 Å². The lowest BCUT2D eigenvalue weighted by atomic mass is 10.1. The van der Waals surface area contributed by atoms with Crippen LogP contribution in [-0.2, 0) is 0 Å². The number of hydrogen-bond acceptors (Lipinski definition) is 5. The molecule has 94 valence electrons. The summed E-state index contributed by atoms with van der Waals surface area (Å²) in [6.07, 6.45) is 3.33.